The van der Waals surface area contributed by atoms with Crippen LogP contribution in [0.1, 0.15) is 0 Å². The fraction of sp³-hybridized carbons (Fsp3) is 0.273. The summed E-state index contributed by atoms with van der Waals surface area (Å²) in [5.41, 5.74) is 0.622. The maximum atomic E-state index is 8.77. The number of benzene rings is 1. The third-order valence-corrected chi connectivity index (χ3v) is 2.27. The zero-order chi connectivity index (χ0) is 11.3. The van der Waals surface area contributed by atoms with Crippen molar-refractivity contribution in [2.24, 2.45) is 0 Å². The predicted molar refractivity (Wildman–Crippen MR) is 62.4 cm³/mol. The van der Waals surface area contributed by atoms with Crippen LogP contribution in [0.2, 0.25) is 0 Å². The molecule has 0 radical (unpaired) electrons. The molecular weight excluding hydrogens is 260 g/mol. The average molecular weight is 273 g/mol. The Labute approximate surface area is 97.5 Å². The Balaban J connectivity index is 2.74. The summed E-state index contributed by atoms with van der Waals surface area (Å²) in [5, 5.41) is 8.77. The summed E-state index contributed by atoms with van der Waals surface area (Å²) in [6, 6.07) is 5.48. The van der Waals surface area contributed by atoms with Crippen LogP contribution in [0.5, 0.6) is 11.5 Å². The molecule has 0 aliphatic rings. The molecule has 0 saturated carbocycles. The van der Waals surface area contributed by atoms with Crippen molar-refractivity contribution in [3.8, 4) is 11.5 Å². The van der Waals surface area contributed by atoms with Gasteiger partial charge in [-0.2, -0.15) is 0 Å². The van der Waals surface area contributed by atoms with Crippen molar-refractivity contribution in [3.63, 3.8) is 0 Å². The number of halogens is 1. The maximum Gasteiger partial charge on any atom is 0.162 e. The fourth-order valence-corrected chi connectivity index (χ4v) is 1.33. The first-order valence-electron chi connectivity index (χ1n) is 4.41. The normalized spacial score (nSPS) is 9.80. The number of hydrogen-bond donors (Lipinski definition) is 1. The quantitative estimate of drug-likeness (QED) is 0.837. The second kappa shape index (κ2) is 5.78. The van der Waals surface area contributed by atoms with Gasteiger partial charge in [0.05, 0.1) is 13.7 Å². The Hall–Kier alpha value is -1.00. The first-order valence-corrected chi connectivity index (χ1v) is 5.20. The van der Waals surface area contributed by atoms with Gasteiger partial charge < -0.3 is 14.6 Å². The number of hydrogen-bond acceptors (Lipinski definition) is 3. The number of methoxy groups -OCH3 is 1. The summed E-state index contributed by atoms with van der Waals surface area (Å²) >= 11 is 3.34. The molecule has 15 heavy (non-hydrogen) atoms. The number of rotatable bonds is 5. The van der Waals surface area contributed by atoms with Crippen LogP contribution in [-0.2, 0) is 0 Å². The molecule has 0 fully saturated rings. The fourth-order valence-electron chi connectivity index (χ4n) is 0.989. The van der Waals surface area contributed by atoms with Crippen molar-refractivity contribution in [1.29, 1.82) is 0 Å². The van der Waals surface area contributed by atoms with Gasteiger partial charge in [-0.05, 0) is 23.8 Å². The van der Waals surface area contributed by atoms with E-state index in [0.717, 1.165) is 4.47 Å². The van der Waals surface area contributed by atoms with E-state index in [-0.39, 0.29) is 13.2 Å². The first kappa shape index (κ1) is 12.1. The molecule has 3 nitrogen and oxygen atoms in total. The molecule has 1 aromatic carbocycles. The highest BCUT2D eigenvalue weighted by molar-refractivity contribution is 9.10. The van der Waals surface area contributed by atoms with Crippen molar-refractivity contribution < 1.29 is 14.6 Å². The summed E-state index contributed by atoms with van der Waals surface area (Å²) in [7, 11) is 1.58. The molecule has 0 heterocycles. The van der Waals surface area contributed by atoms with Gasteiger partial charge in [0, 0.05) is 4.47 Å². The largest absolute Gasteiger partial charge is 0.493 e. The minimum absolute atomic E-state index is 0.0731. The van der Waals surface area contributed by atoms with E-state index in [4.69, 9.17) is 14.6 Å². The predicted octanol–water partition coefficient (Wildman–Crippen LogP) is 2.38. The average Bonchev–Trinajstić information content (AvgIpc) is 2.26. The highest BCUT2D eigenvalue weighted by Gasteiger charge is 2.05. The van der Waals surface area contributed by atoms with E-state index in [9.17, 15) is 0 Å². The van der Waals surface area contributed by atoms with Gasteiger partial charge in [0.15, 0.2) is 11.5 Å². The van der Waals surface area contributed by atoms with Crippen molar-refractivity contribution in [1.82, 2.24) is 0 Å². The zero-order valence-electron chi connectivity index (χ0n) is 8.50. The highest BCUT2D eigenvalue weighted by atomic mass is 79.9. The van der Waals surface area contributed by atoms with Gasteiger partial charge in [0.2, 0.25) is 0 Å². The Bertz CT molecular complexity index is 350. The topological polar surface area (TPSA) is 38.7 Å². The van der Waals surface area contributed by atoms with Gasteiger partial charge >= 0.3 is 0 Å². The molecule has 1 aromatic rings. The van der Waals surface area contributed by atoms with Gasteiger partial charge in [-0.1, -0.05) is 22.5 Å². The second-order valence-corrected chi connectivity index (χ2v) is 3.91. The Morgan fingerprint density at radius 2 is 2.20 bits per heavy atom. The van der Waals surface area contributed by atoms with Gasteiger partial charge in [-0.25, -0.2) is 0 Å². The molecule has 0 spiro atoms. The standard InChI is InChI=1S/C11H13BrO3/c1-8(6-13)7-15-11-5-9(12)3-4-10(11)14-2/h3-5,13H,1,6-7H2,2H3. The highest BCUT2D eigenvalue weighted by Crippen LogP contribution is 2.30. The molecule has 0 saturated heterocycles. The molecule has 4 heteroatoms. The second-order valence-electron chi connectivity index (χ2n) is 2.99. The van der Waals surface area contributed by atoms with Crippen molar-refractivity contribution in [2.75, 3.05) is 20.3 Å². The van der Waals surface area contributed by atoms with Crippen LogP contribution in [0.3, 0.4) is 0 Å². The van der Waals surface area contributed by atoms with Gasteiger partial charge in [-0.3, -0.25) is 0 Å². The minimum Gasteiger partial charge on any atom is -0.493 e. The van der Waals surface area contributed by atoms with Crippen molar-refractivity contribution in [2.45, 2.75) is 0 Å². The molecule has 1 rings (SSSR count). The SMILES string of the molecule is C=C(CO)COc1cc(Br)ccc1OC. The molecule has 0 aliphatic carbocycles. The monoisotopic (exact) mass is 272 g/mol. The Morgan fingerprint density at radius 3 is 2.80 bits per heavy atom. The molecule has 0 aromatic heterocycles. The molecular formula is C11H13BrO3. The van der Waals surface area contributed by atoms with E-state index >= 15 is 0 Å². The smallest absolute Gasteiger partial charge is 0.162 e. The van der Waals surface area contributed by atoms with Crippen LogP contribution < -0.4 is 9.47 Å². The van der Waals surface area contributed by atoms with Crippen LogP contribution in [-0.4, -0.2) is 25.4 Å². The molecule has 0 aliphatic heterocycles. The first-order chi connectivity index (χ1) is 7.17. The lowest BCUT2D eigenvalue weighted by molar-refractivity contribution is 0.279. The molecule has 82 valence electrons. The number of aliphatic hydroxyl groups is 1. The lowest BCUT2D eigenvalue weighted by atomic mass is 10.3. The van der Waals surface area contributed by atoms with Crippen LogP contribution in [0, 0.1) is 0 Å². The van der Waals surface area contributed by atoms with Crippen LogP contribution >= 0.6 is 15.9 Å². The summed E-state index contributed by atoms with van der Waals surface area (Å²) in [5.74, 6) is 1.28. The summed E-state index contributed by atoms with van der Waals surface area (Å²) in [4.78, 5) is 0. The van der Waals surface area contributed by atoms with Crippen molar-refractivity contribution in [3.05, 3.63) is 34.8 Å². The van der Waals surface area contributed by atoms with Crippen LogP contribution in [0.15, 0.2) is 34.8 Å². The molecule has 1 N–H and O–H groups in total. The Kier molecular flexibility index (Phi) is 4.65. The summed E-state index contributed by atoms with van der Waals surface area (Å²) in [6.45, 7) is 3.85. The number of aliphatic hydroxyl groups excluding tert-OH is 1. The van der Waals surface area contributed by atoms with E-state index < -0.39 is 0 Å². The maximum absolute atomic E-state index is 8.77. The lowest BCUT2D eigenvalue weighted by Crippen LogP contribution is -2.04. The third kappa shape index (κ3) is 3.57. The Morgan fingerprint density at radius 1 is 1.47 bits per heavy atom. The van der Waals surface area contributed by atoms with E-state index in [1.807, 2.05) is 12.1 Å². The third-order valence-electron chi connectivity index (χ3n) is 1.78. The van der Waals surface area contributed by atoms with E-state index in [2.05, 4.69) is 22.5 Å². The zero-order valence-corrected chi connectivity index (χ0v) is 10.1. The van der Waals surface area contributed by atoms with Gasteiger partial charge in [-0.15, -0.1) is 0 Å². The molecule has 0 atom stereocenters. The van der Waals surface area contributed by atoms with Crippen LogP contribution in [0.4, 0.5) is 0 Å². The molecule has 0 unspecified atom stereocenters. The molecule has 0 bridgehead atoms. The van der Waals surface area contributed by atoms with E-state index in [1.165, 1.54) is 0 Å². The lowest BCUT2D eigenvalue weighted by Gasteiger charge is -2.11. The van der Waals surface area contributed by atoms with E-state index in [1.54, 1.807) is 13.2 Å². The van der Waals surface area contributed by atoms with E-state index in [0.29, 0.717) is 17.1 Å². The molecule has 0 amide bonds. The van der Waals surface area contributed by atoms with Crippen LogP contribution in [0.25, 0.3) is 0 Å². The summed E-state index contributed by atoms with van der Waals surface area (Å²) < 4.78 is 11.5. The number of ether oxygens (including phenoxy) is 2. The summed E-state index contributed by atoms with van der Waals surface area (Å²) in [6.07, 6.45) is 0. The van der Waals surface area contributed by atoms with Gasteiger partial charge in [0.25, 0.3) is 0 Å². The van der Waals surface area contributed by atoms with Crippen molar-refractivity contribution >= 4 is 15.9 Å². The van der Waals surface area contributed by atoms with Gasteiger partial charge in [0.1, 0.15) is 6.61 Å². The minimum atomic E-state index is -0.0731.